The third-order valence-electron chi connectivity index (χ3n) is 1.74. The molecule has 0 aliphatic carbocycles. The molecule has 0 bridgehead atoms. The predicted octanol–water partition coefficient (Wildman–Crippen LogP) is 2.04. The number of rotatable bonds is 1. The largest absolute Gasteiger partial charge is 0.470 e. The Balaban J connectivity index is 2.18. The van der Waals surface area contributed by atoms with Gasteiger partial charge in [0, 0.05) is 13.1 Å². The smallest absolute Gasteiger partial charge is 0.259 e. The molecule has 0 radical (unpaired) electrons. The minimum atomic E-state index is 0.203. The van der Waals surface area contributed by atoms with Crippen molar-refractivity contribution in [2.75, 3.05) is 19.7 Å². The van der Waals surface area contributed by atoms with Gasteiger partial charge in [-0.3, -0.25) is 0 Å². The zero-order chi connectivity index (χ0) is 9.19. The second-order valence-corrected chi connectivity index (χ2v) is 4.81. The van der Waals surface area contributed by atoms with E-state index in [1.54, 1.807) is 0 Å². The van der Waals surface area contributed by atoms with Crippen LogP contribution in [-0.4, -0.2) is 29.8 Å². The van der Waals surface area contributed by atoms with Gasteiger partial charge in [0.05, 0.1) is 6.61 Å². The lowest BCUT2D eigenvalue weighted by molar-refractivity contribution is 0.143. The fourth-order valence-electron chi connectivity index (χ4n) is 0.868. The van der Waals surface area contributed by atoms with Crippen LogP contribution in [0.1, 0.15) is 27.2 Å². The van der Waals surface area contributed by atoms with Gasteiger partial charge in [0.2, 0.25) is 0 Å². The van der Waals surface area contributed by atoms with Gasteiger partial charge in [0.15, 0.2) is 0 Å². The Labute approximate surface area is 79.9 Å². The van der Waals surface area contributed by atoms with Crippen molar-refractivity contribution in [3.63, 3.8) is 0 Å². The topological polar surface area (TPSA) is 12.5 Å². The van der Waals surface area contributed by atoms with Crippen molar-refractivity contribution in [1.29, 1.82) is 0 Å². The highest BCUT2D eigenvalue weighted by atomic mass is 32.1. The van der Waals surface area contributed by atoms with Crippen LogP contribution in [0.2, 0.25) is 0 Å². The van der Waals surface area contributed by atoms with Crippen molar-refractivity contribution in [2.24, 2.45) is 5.41 Å². The summed E-state index contributed by atoms with van der Waals surface area (Å²) in [5.41, 5.74) is 0.203. The van der Waals surface area contributed by atoms with E-state index in [4.69, 9.17) is 17.0 Å². The standard InChI is InChI=1S/C9H17NOS/c1-9(2,3)7-11-8(12)10-5-4-6-10/h4-7H2,1-3H3. The van der Waals surface area contributed by atoms with Crippen molar-refractivity contribution < 1.29 is 4.74 Å². The quantitative estimate of drug-likeness (QED) is 0.583. The van der Waals surface area contributed by atoms with E-state index in [1.165, 1.54) is 6.42 Å². The summed E-state index contributed by atoms with van der Waals surface area (Å²) in [6, 6.07) is 0. The van der Waals surface area contributed by atoms with Crippen LogP contribution < -0.4 is 0 Å². The van der Waals surface area contributed by atoms with Crippen LogP contribution in [0.15, 0.2) is 0 Å². The normalized spacial score (nSPS) is 17.1. The molecule has 1 fully saturated rings. The molecule has 1 heterocycles. The van der Waals surface area contributed by atoms with Crippen molar-refractivity contribution in [3.05, 3.63) is 0 Å². The first kappa shape index (κ1) is 9.78. The molecule has 1 aliphatic heterocycles. The summed E-state index contributed by atoms with van der Waals surface area (Å²) in [6.45, 7) is 9.29. The lowest BCUT2D eigenvalue weighted by Gasteiger charge is -2.33. The molecule has 0 aromatic rings. The zero-order valence-corrected chi connectivity index (χ0v) is 8.91. The summed E-state index contributed by atoms with van der Waals surface area (Å²) < 4.78 is 5.47. The van der Waals surface area contributed by atoms with Crippen LogP contribution in [0.3, 0.4) is 0 Å². The third kappa shape index (κ3) is 2.97. The van der Waals surface area contributed by atoms with Gasteiger partial charge in [0.25, 0.3) is 5.17 Å². The molecule has 3 heteroatoms. The molecule has 1 saturated heterocycles. The van der Waals surface area contributed by atoms with Gasteiger partial charge in [-0.15, -0.1) is 0 Å². The number of hydrogen-bond acceptors (Lipinski definition) is 2. The van der Waals surface area contributed by atoms with Gasteiger partial charge in [-0.25, -0.2) is 0 Å². The molecule has 12 heavy (non-hydrogen) atoms. The molecule has 1 rings (SSSR count). The van der Waals surface area contributed by atoms with Crippen LogP contribution in [0.5, 0.6) is 0 Å². The summed E-state index contributed by atoms with van der Waals surface area (Å²) >= 11 is 5.10. The van der Waals surface area contributed by atoms with Crippen molar-refractivity contribution in [2.45, 2.75) is 27.2 Å². The molecule has 0 saturated carbocycles. The van der Waals surface area contributed by atoms with E-state index >= 15 is 0 Å². The minimum absolute atomic E-state index is 0.203. The number of likely N-dealkylation sites (tertiary alicyclic amines) is 1. The number of hydrogen-bond donors (Lipinski definition) is 0. The van der Waals surface area contributed by atoms with Crippen LogP contribution in [0.25, 0.3) is 0 Å². The van der Waals surface area contributed by atoms with Crippen LogP contribution in [0, 0.1) is 5.41 Å². The van der Waals surface area contributed by atoms with Gasteiger partial charge in [0.1, 0.15) is 0 Å². The molecule has 0 aromatic heterocycles. The first-order valence-corrected chi connectivity index (χ1v) is 4.81. The lowest BCUT2D eigenvalue weighted by atomic mass is 9.99. The maximum absolute atomic E-state index is 5.47. The van der Waals surface area contributed by atoms with E-state index in [9.17, 15) is 0 Å². The van der Waals surface area contributed by atoms with Crippen molar-refractivity contribution in [1.82, 2.24) is 4.90 Å². The predicted molar refractivity (Wildman–Crippen MR) is 54.2 cm³/mol. The van der Waals surface area contributed by atoms with Gasteiger partial charge in [-0.1, -0.05) is 20.8 Å². The van der Waals surface area contributed by atoms with Gasteiger partial charge in [-0.2, -0.15) is 0 Å². The van der Waals surface area contributed by atoms with E-state index in [0.717, 1.165) is 13.1 Å². The fourth-order valence-corrected chi connectivity index (χ4v) is 1.11. The molecule has 0 atom stereocenters. The molecule has 0 aromatic carbocycles. The Bertz CT molecular complexity index is 170. The molecule has 0 amide bonds. The molecular formula is C9H17NOS. The first-order chi connectivity index (χ1) is 5.49. The summed E-state index contributed by atoms with van der Waals surface area (Å²) in [6.07, 6.45) is 1.25. The molecule has 0 spiro atoms. The minimum Gasteiger partial charge on any atom is -0.470 e. The van der Waals surface area contributed by atoms with Crippen LogP contribution in [-0.2, 0) is 4.74 Å². The van der Waals surface area contributed by atoms with Gasteiger partial charge < -0.3 is 9.64 Å². The van der Waals surface area contributed by atoms with E-state index in [2.05, 4.69) is 25.7 Å². The summed E-state index contributed by atoms with van der Waals surface area (Å²) in [4.78, 5) is 2.10. The highest BCUT2D eigenvalue weighted by molar-refractivity contribution is 7.80. The summed E-state index contributed by atoms with van der Waals surface area (Å²) in [5.74, 6) is 0. The first-order valence-electron chi connectivity index (χ1n) is 4.41. The molecular weight excluding hydrogens is 170 g/mol. The number of thiocarbonyl (C=S) groups is 1. The van der Waals surface area contributed by atoms with E-state index < -0.39 is 0 Å². The fraction of sp³-hybridized carbons (Fsp3) is 0.889. The van der Waals surface area contributed by atoms with Crippen molar-refractivity contribution >= 4 is 17.4 Å². The maximum Gasteiger partial charge on any atom is 0.259 e. The monoisotopic (exact) mass is 187 g/mol. The Morgan fingerprint density at radius 1 is 1.42 bits per heavy atom. The SMILES string of the molecule is CC(C)(C)COC(=S)N1CCC1. The molecule has 70 valence electrons. The zero-order valence-electron chi connectivity index (χ0n) is 8.09. The molecule has 0 N–H and O–H groups in total. The van der Waals surface area contributed by atoms with E-state index in [-0.39, 0.29) is 5.41 Å². The number of ether oxygens (including phenoxy) is 1. The van der Waals surface area contributed by atoms with Gasteiger partial charge >= 0.3 is 0 Å². The Kier molecular flexibility index (Phi) is 2.94. The third-order valence-corrected chi connectivity index (χ3v) is 2.12. The maximum atomic E-state index is 5.47. The van der Waals surface area contributed by atoms with E-state index in [1.807, 2.05) is 0 Å². The average Bonchev–Trinajstić information content (AvgIpc) is 1.78. The molecule has 1 aliphatic rings. The molecule has 0 unspecified atom stereocenters. The average molecular weight is 187 g/mol. The second-order valence-electron chi connectivity index (χ2n) is 4.46. The second kappa shape index (κ2) is 3.60. The Hall–Kier alpha value is -0.310. The van der Waals surface area contributed by atoms with Gasteiger partial charge in [-0.05, 0) is 24.1 Å². The summed E-state index contributed by atoms with van der Waals surface area (Å²) in [7, 11) is 0. The highest BCUT2D eigenvalue weighted by Crippen LogP contribution is 2.15. The Morgan fingerprint density at radius 2 is 2.00 bits per heavy atom. The van der Waals surface area contributed by atoms with Crippen LogP contribution in [0.4, 0.5) is 0 Å². The Morgan fingerprint density at radius 3 is 2.33 bits per heavy atom. The number of nitrogens with zero attached hydrogens (tertiary/aromatic N) is 1. The summed E-state index contributed by atoms with van der Waals surface area (Å²) in [5, 5.41) is 0.677. The molecule has 2 nitrogen and oxygen atoms in total. The van der Waals surface area contributed by atoms with Crippen molar-refractivity contribution in [3.8, 4) is 0 Å². The highest BCUT2D eigenvalue weighted by Gasteiger charge is 2.20. The van der Waals surface area contributed by atoms with Crippen LogP contribution >= 0.6 is 12.2 Å². The van der Waals surface area contributed by atoms with E-state index in [0.29, 0.717) is 11.8 Å². The lowest BCUT2D eigenvalue weighted by Crippen LogP contribution is -2.43.